The Bertz CT molecular complexity index is 715. The number of aryl methyl sites for hydroxylation is 1. The van der Waals surface area contributed by atoms with Gasteiger partial charge in [-0.25, -0.2) is 8.78 Å². The summed E-state index contributed by atoms with van der Waals surface area (Å²) in [5.74, 6) is -0.979. The van der Waals surface area contributed by atoms with Crippen molar-refractivity contribution in [2.45, 2.75) is 13.0 Å². The van der Waals surface area contributed by atoms with Gasteiger partial charge in [-0.2, -0.15) is 0 Å². The smallest absolute Gasteiger partial charge is 0.193 e. The van der Waals surface area contributed by atoms with Gasteiger partial charge in [0.25, 0.3) is 0 Å². The van der Waals surface area contributed by atoms with Crippen LogP contribution in [0.15, 0.2) is 47.5 Å². The lowest BCUT2D eigenvalue weighted by Crippen LogP contribution is -2.28. The molecule has 0 aromatic heterocycles. The summed E-state index contributed by atoms with van der Waals surface area (Å²) in [6, 6.07) is 11.0. The number of nitrogens with zero attached hydrogens (tertiary/aromatic N) is 2. The SMILES string of the molecule is Cc1cccc(NC(N)=NCC(c2c(F)cccc2F)N(C)C)c1.I. The molecule has 2 aromatic carbocycles. The van der Waals surface area contributed by atoms with E-state index in [1.807, 2.05) is 31.2 Å². The summed E-state index contributed by atoms with van der Waals surface area (Å²) in [7, 11) is 3.49. The van der Waals surface area contributed by atoms with Gasteiger partial charge < -0.3 is 16.0 Å². The molecule has 2 rings (SSSR count). The zero-order chi connectivity index (χ0) is 17.7. The topological polar surface area (TPSA) is 53.6 Å². The van der Waals surface area contributed by atoms with Crippen LogP contribution in [0.3, 0.4) is 0 Å². The fourth-order valence-electron chi connectivity index (χ4n) is 2.44. The van der Waals surface area contributed by atoms with Gasteiger partial charge >= 0.3 is 0 Å². The lowest BCUT2D eigenvalue weighted by atomic mass is 10.0. The van der Waals surface area contributed by atoms with Crippen LogP contribution in [-0.4, -0.2) is 31.5 Å². The van der Waals surface area contributed by atoms with E-state index >= 15 is 0 Å². The van der Waals surface area contributed by atoms with Crippen molar-refractivity contribution in [3.05, 3.63) is 65.2 Å². The number of anilines is 1. The summed E-state index contributed by atoms with van der Waals surface area (Å²) in [6.45, 7) is 2.11. The molecule has 0 spiro atoms. The molecule has 0 fully saturated rings. The molecule has 0 saturated heterocycles. The fourth-order valence-corrected chi connectivity index (χ4v) is 2.44. The minimum Gasteiger partial charge on any atom is -0.370 e. The second-order valence-electron chi connectivity index (χ2n) is 5.84. The van der Waals surface area contributed by atoms with Crippen molar-refractivity contribution in [3.63, 3.8) is 0 Å². The minimum absolute atomic E-state index is 0. The fraction of sp³-hybridized carbons (Fsp3) is 0.278. The number of aliphatic imine (C=N–C) groups is 1. The van der Waals surface area contributed by atoms with Crippen molar-refractivity contribution < 1.29 is 8.78 Å². The number of rotatable bonds is 5. The number of guanidine groups is 1. The van der Waals surface area contributed by atoms with Crippen molar-refractivity contribution in [1.82, 2.24) is 4.90 Å². The summed E-state index contributed by atoms with van der Waals surface area (Å²) in [4.78, 5) is 5.95. The highest BCUT2D eigenvalue weighted by Crippen LogP contribution is 2.24. The van der Waals surface area contributed by atoms with E-state index in [9.17, 15) is 8.78 Å². The Morgan fingerprint density at radius 1 is 1.16 bits per heavy atom. The normalized spacial score (nSPS) is 12.6. The maximum Gasteiger partial charge on any atom is 0.193 e. The molecule has 0 amide bonds. The quantitative estimate of drug-likeness (QED) is 0.404. The monoisotopic (exact) mass is 460 g/mol. The molecule has 1 unspecified atom stereocenters. The standard InChI is InChI=1S/C18H22F2N4.HI/c1-12-6-4-7-13(10-12)23-18(21)22-11-16(24(2)3)17-14(19)8-5-9-15(17)20;/h4-10,16H,11H2,1-3H3,(H3,21,22,23);1H. The minimum atomic E-state index is -0.589. The van der Waals surface area contributed by atoms with Gasteiger partial charge in [-0.1, -0.05) is 18.2 Å². The first-order chi connectivity index (χ1) is 11.4. The predicted octanol–water partition coefficient (Wildman–Crippen LogP) is 3.92. The van der Waals surface area contributed by atoms with Crippen LogP contribution in [0.2, 0.25) is 0 Å². The number of halogens is 3. The molecule has 0 heterocycles. The van der Waals surface area contributed by atoms with Gasteiger partial charge in [-0.3, -0.25) is 4.99 Å². The van der Waals surface area contributed by atoms with Gasteiger partial charge in [0.05, 0.1) is 12.6 Å². The molecule has 3 N–H and O–H groups in total. The van der Waals surface area contributed by atoms with Crippen LogP contribution in [0.25, 0.3) is 0 Å². The molecule has 2 aromatic rings. The first kappa shape index (κ1) is 21.3. The van der Waals surface area contributed by atoms with Crippen LogP contribution in [0.5, 0.6) is 0 Å². The van der Waals surface area contributed by atoms with E-state index in [0.29, 0.717) is 0 Å². The van der Waals surface area contributed by atoms with Gasteiger partial charge in [-0.05, 0) is 50.8 Å². The molecular formula is C18H23F2IN4. The molecule has 0 aliphatic carbocycles. The van der Waals surface area contributed by atoms with E-state index in [0.717, 1.165) is 11.3 Å². The zero-order valence-electron chi connectivity index (χ0n) is 14.5. The number of likely N-dealkylation sites (N-methyl/N-ethyl adjacent to an activating group) is 1. The van der Waals surface area contributed by atoms with Gasteiger partial charge in [0.2, 0.25) is 0 Å². The Morgan fingerprint density at radius 3 is 2.32 bits per heavy atom. The Morgan fingerprint density at radius 2 is 1.76 bits per heavy atom. The number of benzene rings is 2. The summed E-state index contributed by atoms with van der Waals surface area (Å²) >= 11 is 0. The van der Waals surface area contributed by atoms with Gasteiger partial charge in [0.1, 0.15) is 11.6 Å². The number of hydrogen-bond donors (Lipinski definition) is 2. The van der Waals surface area contributed by atoms with Gasteiger partial charge in [0, 0.05) is 11.3 Å². The van der Waals surface area contributed by atoms with Gasteiger partial charge in [0.15, 0.2) is 5.96 Å². The van der Waals surface area contributed by atoms with Crippen molar-refractivity contribution >= 4 is 35.6 Å². The van der Waals surface area contributed by atoms with Crippen molar-refractivity contribution in [3.8, 4) is 0 Å². The Hall–Kier alpha value is -1.74. The Labute approximate surface area is 164 Å². The van der Waals surface area contributed by atoms with Crippen LogP contribution < -0.4 is 11.1 Å². The molecule has 1 atom stereocenters. The third kappa shape index (κ3) is 5.93. The summed E-state index contributed by atoms with van der Waals surface area (Å²) in [5.41, 5.74) is 7.79. The molecule has 136 valence electrons. The third-order valence-corrected chi connectivity index (χ3v) is 3.68. The second kappa shape index (κ2) is 9.67. The number of hydrogen-bond acceptors (Lipinski definition) is 2. The van der Waals surface area contributed by atoms with E-state index in [-0.39, 0.29) is 42.0 Å². The molecule has 4 nitrogen and oxygen atoms in total. The molecule has 7 heteroatoms. The second-order valence-corrected chi connectivity index (χ2v) is 5.84. The lowest BCUT2D eigenvalue weighted by Gasteiger charge is -2.24. The van der Waals surface area contributed by atoms with Crippen LogP contribution in [0, 0.1) is 18.6 Å². The molecule has 0 radical (unpaired) electrons. The zero-order valence-corrected chi connectivity index (χ0v) is 16.8. The Kier molecular flexibility index (Phi) is 8.24. The first-order valence-corrected chi connectivity index (χ1v) is 7.62. The highest BCUT2D eigenvalue weighted by Gasteiger charge is 2.21. The molecule has 0 bridgehead atoms. The molecule has 0 saturated carbocycles. The average molecular weight is 460 g/mol. The van der Waals surface area contributed by atoms with Crippen molar-refractivity contribution in [2.75, 3.05) is 26.0 Å². The summed E-state index contributed by atoms with van der Waals surface area (Å²) < 4.78 is 28.0. The number of nitrogens with one attached hydrogen (secondary N) is 1. The molecule has 25 heavy (non-hydrogen) atoms. The van der Waals surface area contributed by atoms with E-state index < -0.39 is 17.7 Å². The van der Waals surface area contributed by atoms with Crippen LogP contribution in [0.1, 0.15) is 17.2 Å². The largest absolute Gasteiger partial charge is 0.370 e. The molecular weight excluding hydrogens is 437 g/mol. The molecule has 0 aliphatic heterocycles. The van der Waals surface area contributed by atoms with E-state index in [1.165, 1.54) is 18.2 Å². The van der Waals surface area contributed by atoms with E-state index in [1.54, 1.807) is 19.0 Å². The number of nitrogens with two attached hydrogens (primary N) is 1. The van der Waals surface area contributed by atoms with Crippen LogP contribution in [0.4, 0.5) is 14.5 Å². The average Bonchev–Trinajstić information content (AvgIpc) is 2.49. The maximum atomic E-state index is 14.0. The lowest BCUT2D eigenvalue weighted by molar-refractivity contribution is 0.290. The maximum absolute atomic E-state index is 14.0. The first-order valence-electron chi connectivity index (χ1n) is 7.62. The van der Waals surface area contributed by atoms with Crippen molar-refractivity contribution in [1.29, 1.82) is 0 Å². The highest BCUT2D eigenvalue weighted by molar-refractivity contribution is 14.0. The van der Waals surface area contributed by atoms with E-state index in [2.05, 4.69) is 10.3 Å². The summed E-state index contributed by atoms with van der Waals surface area (Å²) in [6.07, 6.45) is 0. The van der Waals surface area contributed by atoms with Crippen LogP contribution in [-0.2, 0) is 0 Å². The highest BCUT2D eigenvalue weighted by atomic mass is 127. The van der Waals surface area contributed by atoms with Crippen molar-refractivity contribution in [2.24, 2.45) is 10.7 Å². The van der Waals surface area contributed by atoms with E-state index in [4.69, 9.17) is 5.73 Å². The molecule has 0 aliphatic rings. The Balaban J connectivity index is 0.00000312. The van der Waals surface area contributed by atoms with Gasteiger partial charge in [-0.15, -0.1) is 24.0 Å². The predicted molar refractivity (Wildman–Crippen MR) is 109 cm³/mol. The summed E-state index contributed by atoms with van der Waals surface area (Å²) in [5, 5.41) is 2.98. The van der Waals surface area contributed by atoms with Crippen LogP contribution >= 0.6 is 24.0 Å². The third-order valence-electron chi connectivity index (χ3n) is 3.68.